The van der Waals surface area contributed by atoms with Gasteiger partial charge in [0.1, 0.15) is 5.75 Å². The third kappa shape index (κ3) is 4.45. The maximum atomic E-state index is 12.6. The number of carbonyl (C=O) groups excluding carboxylic acids is 1. The summed E-state index contributed by atoms with van der Waals surface area (Å²) in [5.74, 6) is 0.734. The topological polar surface area (TPSA) is 55.3 Å². The third-order valence-electron chi connectivity index (χ3n) is 5.30. The van der Waals surface area contributed by atoms with Crippen molar-refractivity contribution < 1.29 is 9.53 Å². The van der Waals surface area contributed by atoms with Gasteiger partial charge in [-0.3, -0.25) is 4.79 Å². The van der Waals surface area contributed by atoms with Crippen molar-refractivity contribution in [3.05, 3.63) is 81.0 Å². The molecule has 1 fully saturated rings. The molecule has 2 N–H and O–H groups in total. The van der Waals surface area contributed by atoms with E-state index in [1.165, 1.54) is 11.8 Å². The van der Waals surface area contributed by atoms with Gasteiger partial charge in [0.2, 0.25) is 0 Å². The normalized spacial score (nSPS) is 17.1. The van der Waals surface area contributed by atoms with E-state index in [9.17, 15) is 4.79 Å². The number of nitrogens with zero attached hydrogens (tertiary/aromatic N) is 1. The molecule has 1 unspecified atom stereocenters. The number of hydrogen-bond acceptors (Lipinski definition) is 4. The van der Waals surface area contributed by atoms with Crippen molar-refractivity contribution in [2.45, 2.75) is 26.3 Å². The average Bonchev–Trinajstić information content (AvgIpc) is 3.23. The van der Waals surface area contributed by atoms with Crippen molar-refractivity contribution in [1.82, 2.24) is 9.88 Å². The van der Waals surface area contributed by atoms with E-state index < -0.39 is 0 Å². The molecule has 0 bridgehead atoms. The Bertz CT molecular complexity index is 1170. The van der Waals surface area contributed by atoms with Crippen molar-refractivity contribution in [3.63, 3.8) is 0 Å². The van der Waals surface area contributed by atoms with Crippen molar-refractivity contribution in [3.8, 4) is 11.4 Å². The molecule has 0 radical (unpaired) electrons. The zero-order chi connectivity index (χ0) is 22.1. The van der Waals surface area contributed by atoms with E-state index in [1.54, 1.807) is 7.11 Å². The Balaban J connectivity index is 1.57. The molecule has 5 nitrogen and oxygen atoms in total. The average molecular weight is 454 g/mol. The van der Waals surface area contributed by atoms with Crippen LogP contribution >= 0.6 is 23.4 Å². The first-order chi connectivity index (χ1) is 14.9. The number of amides is 1. The van der Waals surface area contributed by atoms with Crippen molar-refractivity contribution in [2.24, 2.45) is 0 Å². The van der Waals surface area contributed by atoms with Gasteiger partial charge in [0.25, 0.3) is 5.91 Å². The van der Waals surface area contributed by atoms with Gasteiger partial charge in [-0.05, 0) is 80.4 Å². The fourth-order valence-corrected chi connectivity index (χ4v) is 4.80. The summed E-state index contributed by atoms with van der Waals surface area (Å²) in [7, 11) is 1.66. The first-order valence-corrected chi connectivity index (χ1v) is 11.2. The minimum Gasteiger partial charge on any atom is -0.497 e. The van der Waals surface area contributed by atoms with Crippen LogP contribution in [0.2, 0.25) is 5.02 Å². The summed E-state index contributed by atoms with van der Waals surface area (Å²) in [6.07, 6.45) is 1.95. The summed E-state index contributed by atoms with van der Waals surface area (Å²) in [6, 6.07) is 15.7. The summed E-state index contributed by atoms with van der Waals surface area (Å²) < 4.78 is 7.43. The molecule has 2 aromatic carbocycles. The largest absolute Gasteiger partial charge is 0.497 e. The number of hydrogen-bond donors (Lipinski definition) is 2. The zero-order valence-corrected chi connectivity index (χ0v) is 19.4. The maximum Gasteiger partial charge on any atom is 0.260 e. The Hall–Kier alpha value is -2.83. The van der Waals surface area contributed by atoms with Crippen LogP contribution < -0.4 is 15.4 Å². The number of aromatic nitrogens is 1. The molecular formula is C24H24ClN3O2S. The lowest BCUT2D eigenvalue weighted by atomic mass is 10.2. The van der Waals surface area contributed by atoms with E-state index in [0.29, 0.717) is 9.93 Å². The predicted molar refractivity (Wildman–Crippen MR) is 129 cm³/mol. The van der Waals surface area contributed by atoms with Gasteiger partial charge in [-0.2, -0.15) is 0 Å². The first-order valence-electron chi connectivity index (χ1n) is 9.91. The number of halogens is 1. The Morgan fingerprint density at radius 3 is 2.58 bits per heavy atom. The number of benzene rings is 2. The second-order valence-electron chi connectivity index (χ2n) is 7.44. The molecule has 2 heterocycles. The van der Waals surface area contributed by atoms with E-state index in [2.05, 4.69) is 35.1 Å². The number of methoxy groups -OCH3 is 1. The molecule has 3 aromatic rings. The zero-order valence-electron chi connectivity index (χ0n) is 17.8. The number of nitrogens with one attached hydrogen (secondary N) is 2. The van der Waals surface area contributed by atoms with Gasteiger partial charge in [-0.15, -0.1) is 0 Å². The quantitative estimate of drug-likeness (QED) is 0.489. The molecule has 7 heteroatoms. The number of ether oxygens (including phenoxy) is 1. The molecule has 0 saturated carbocycles. The third-order valence-corrected chi connectivity index (χ3v) is 6.57. The van der Waals surface area contributed by atoms with Crippen LogP contribution in [0.15, 0.2) is 53.4 Å². The summed E-state index contributed by atoms with van der Waals surface area (Å²) in [6.45, 7) is 6.13. The molecule has 1 aliphatic rings. The molecule has 1 aliphatic heterocycles. The minimum absolute atomic E-state index is 0.0866. The molecule has 0 aliphatic carbocycles. The fourth-order valence-electron chi connectivity index (χ4n) is 3.66. The predicted octanol–water partition coefficient (Wildman–Crippen LogP) is 5.66. The molecule has 1 aromatic heterocycles. The lowest BCUT2D eigenvalue weighted by molar-refractivity contribution is -0.116. The van der Waals surface area contributed by atoms with Gasteiger partial charge < -0.3 is 19.9 Å². The van der Waals surface area contributed by atoms with Crippen LogP contribution in [0.1, 0.15) is 22.5 Å². The monoisotopic (exact) mass is 453 g/mol. The van der Waals surface area contributed by atoms with E-state index >= 15 is 0 Å². The number of anilines is 1. The van der Waals surface area contributed by atoms with Gasteiger partial charge in [-0.1, -0.05) is 29.4 Å². The highest BCUT2D eigenvalue weighted by Crippen LogP contribution is 2.33. The standard InChI is InChI=1S/C24H24ClN3O2S/c1-14-5-6-18(25)13-21(14)26-24-27-23(29)22(31-24)12-17-11-15(2)28(16(17)3)19-7-9-20(30-4)10-8-19/h5-13,24,26H,1-4H3,(H,27,29)/b22-12-. The Labute approximate surface area is 191 Å². The lowest BCUT2D eigenvalue weighted by Crippen LogP contribution is -2.31. The molecule has 1 amide bonds. The van der Waals surface area contributed by atoms with E-state index in [1.807, 2.05) is 55.5 Å². The van der Waals surface area contributed by atoms with Crippen molar-refractivity contribution in [2.75, 3.05) is 12.4 Å². The van der Waals surface area contributed by atoms with Gasteiger partial charge >= 0.3 is 0 Å². The first kappa shape index (κ1) is 21.4. The number of carbonyl (C=O) groups is 1. The molecular weight excluding hydrogens is 430 g/mol. The Morgan fingerprint density at radius 2 is 1.87 bits per heavy atom. The summed E-state index contributed by atoms with van der Waals surface area (Å²) in [4.78, 5) is 13.3. The van der Waals surface area contributed by atoms with Crippen LogP contribution in [-0.2, 0) is 4.79 Å². The SMILES string of the molecule is COc1ccc(-n2c(C)cc(/C=C3\SC(Nc4cc(Cl)ccc4C)NC3=O)c2C)cc1. The second kappa shape index (κ2) is 8.73. The van der Waals surface area contributed by atoms with Crippen LogP contribution in [0, 0.1) is 20.8 Å². The van der Waals surface area contributed by atoms with Gasteiger partial charge in [0.05, 0.1) is 12.0 Å². The summed E-state index contributed by atoms with van der Waals surface area (Å²) in [5.41, 5.74) is 5.98. The van der Waals surface area contributed by atoms with E-state index in [4.69, 9.17) is 16.3 Å². The van der Waals surface area contributed by atoms with Crippen molar-refractivity contribution >= 4 is 41.0 Å². The smallest absolute Gasteiger partial charge is 0.260 e. The highest BCUT2D eigenvalue weighted by molar-refractivity contribution is 8.05. The highest BCUT2D eigenvalue weighted by atomic mass is 35.5. The molecule has 31 heavy (non-hydrogen) atoms. The van der Waals surface area contributed by atoms with Crippen molar-refractivity contribution in [1.29, 1.82) is 0 Å². The molecule has 1 saturated heterocycles. The summed E-state index contributed by atoms with van der Waals surface area (Å²) in [5, 5.41) is 6.99. The molecule has 0 spiro atoms. The second-order valence-corrected chi connectivity index (χ2v) is 9.03. The van der Waals surface area contributed by atoms with Crippen LogP contribution in [0.3, 0.4) is 0 Å². The summed E-state index contributed by atoms with van der Waals surface area (Å²) >= 11 is 7.58. The van der Waals surface area contributed by atoms with Crippen LogP contribution in [-0.4, -0.2) is 23.1 Å². The lowest BCUT2D eigenvalue weighted by Gasteiger charge is -2.15. The molecule has 4 rings (SSSR count). The van der Waals surface area contributed by atoms with Gasteiger partial charge in [-0.25, -0.2) is 0 Å². The number of rotatable bonds is 5. The molecule has 1 atom stereocenters. The number of thioether (sulfide) groups is 1. The number of aryl methyl sites for hydroxylation is 2. The Morgan fingerprint density at radius 1 is 1.13 bits per heavy atom. The maximum absolute atomic E-state index is 12.6. The highest BCUT2D eigenvalue weighted by Gasteiger charge is 2.28. The van der Waals surface area contributed by atoms with Crippen LogP contribution in [0.4, 0.5) is 5.69 Å². The fraction of sp³-hybridized carbons (Fsp3) is 0.208. The Kier molecular flexibility index (Phi) is 6.03. The van der Waals surface area contributed by atoms with Gasteiger partial charge in [0.15, 0.2) is 5.50 Å². The van der Waals surface area contributed by atoms with E-state index in [-0.39, 0.29) is 11.4 Å². The van der Waals surface area contributed by atoms with Gasteiger partial charge in [0, 0.05) is 27.8 Å². The van der Waals surface area contributed by atoms with E-state index in [0.717, 1.165) is 39.6 Å². The van der Waals surface area contributed by atoms with Crippen LogP contribution in [0.25, 0.3) is 11.8 Å². The molecule has 160 valence electrons. The van der Waals surface area contributed by atoms with Crippen LogP contribution in [0.5, 0.6) is 5.75 Å². The minimum atomic E-state index is -0.249.